The van der Waals surface area contributed by atoms with Crippen LogP contribution in [0.2, 0.25) is 0 Å². The summed E-state index contributed by atoms with van der Waals surface area (Å²) in [6, 6.07) is 0.621. The van der Waals surface area contributed by atoms with E-state index in [1.165, 1.54) is 0 Å². The van der Waals surface area contributed by atoms with Crippen LogP contribution in [0.5, 0.6) is 18.0 Å². The molecule has 28 heavy (non-hydrogen) atoms. The summed E-state index contributed by atoms with van der Waals surface area (Å²) in [5.41, 5.74) is -0.133. The van der Waals surface area contributed by atoms with Crippen LogP contribution >= 0.6 is 0 Å². The average Bonchev–Trinajstić information content (AvgIpc) is 3.58. The lowest BCUT2D eigenvalue weighted by atomic mass is 10.1. The van der Waals surface area contributed by atoms with E-state index in [4.69, 9.17) is 28.4 Å². The molecule has 1 aromatic heterocycles. The van der Waals surface area contributed by atoms with Crippen LogP contribution in [0, 0.1) is 0 Å². The maximum Gasteiger partial charge on any atom is 0.325 e. The first-order valence-corrected chi connectivity index (χ1v) is 9.92. The molecule has 0 saturated carbocycles. The van der Waals surface area contributed by atoms with Crippen molar-refractivity contribution in [3.63, 3.8) is 0 Å². The summed E-state index contributed by atoms with van der Waals surface area (Å²) >= 11 is 0. The maximum atomic E-state index is 5.70. The molecule has 0 bridgehead atoms. The first kappa shape index (κ1) is 19.6. The Balaban J connectivity index is 1.30. The normalized spacial score (nSPS) is 32.7. The number of hydrogen-bond acceptors (Lipinski definition) is 9. The third-order valence-electron chi connectivity index (χ3n) is 5.29. The highest BCUT2D eigenvalue weighted by atomic mass is 16.6. The smallest absolute Gasteiger partial charge is 0.325 e. The highest BCUT2D eigenvalue weighted by Gasteiger charge is 2.40. The topological polar surface area (TPSA) is 104 Å². The van der Waals surface area contributed by atoms with E-state index in [2.05, 4.69) is 35.7 Å². The number of rotatable bonds is 13. The van der Waals surface area contributed by atoms with Crippen molar-refractivity contribution in [3.8, 4) is 18.0 Å². The van der Waals surface area contributed by atoms with Crippen LogP contribution in [0.1, 0.15) is 46.5 Å². The van der Waals surface area contributed by atoms with E-state index in [9.17, 15) is 0 Å². The fourth-order valence-electron chi connectivity index (χ4n) is 2.64. The Labute approximate surface area is 165 Å². The van der Waals surface area contributed by atoms with Crippen LogP contribution < -0.4 is 14.2 Å². The molecule has 3 aliphatic rings. The van der Waals surface area contributed by atoms with E-state index in [1.54, 1.807) is 0 Å². The van der Waals surface area contributed by atoms with Crippen molar-refractivity contribution in [1.29, 1.82) is 0 Å². The van der Waals surface area contributed by atoms with E-state index in [0.29, 0.717) is 19.8 Å². The van der Waals surface area contributed by atoms with Gasteiger partial charge in [0.25, 0.3) is 0 Å². The van der Waals surface area contributed by atoms with Gasteiger partial charge in [-0.15, -0.1) is 15.0 Å². The van der Waals surface area contributed by atoms with Crippen LogP contribution in [0.25, 0.3) is 0 Å². The fourth-order valence-corrected chi connectivity index (χ4v) is 2.64. The molecule has 3 saturated heterocycles. The lowest BCUT2D eigenvalue weighted by Gasteiger charge is -2.11. The van der Waals surface area contributed by atoms with Crippen LogP contribution in [0.15, 0.2) is 0 Å². The summed E-state index contributed by atoms with van der Waals surface area (Å²) in [5.74, 6) is 0. The van der Waals surface area contributed by atoms with Gasteiger partial charge in [0.15, 0.2) is 0 Å². The van der Waals surface area contributed by atoms with Gasteiger partial charge in [0, 0.05) is 12.8 Å². The molecule has 3 fully saturated rings. The first-order chi connectivity index (χ1) is 13.4. The van der Waals surface area contributed by atoms with Crippen molar-refractivity contribution >= 4 is 0 Å². The third-order valence-corrected chi connectivity index (χ3v) is 5.29. The first-order valence-electron chi connectivity index (χ1n) is 9.92. The molecule has 156 valence electrons. The molecule has 4 rings (SSSR count). The van der Waals surface area contributed by atoms with Crippen molar-refractivity contribution in [2.75, 3.05) is 39.6 Å². The Morgan fingerprint density at radius 1 is 0.643 bits per heavy atom. The molecule has 9 heteroatoms. The molecular weight excluding hydrogens is 366 g/mol. The van der Waals surface area contributed by atoms with Crippen molar-refractivity contribution < 1.29 is 28.4 Å². The zero-order valence-electron chi connectivity index (χ0n) is 16.9. The monoisotopic (exact) mass is 395 g/mol. The van der Waals surface area contributed by atoms with Gasteiger partial charge in [-0.2, -0.15) is 0 Å². The summed E-state index contributed by atoms with van der Waals surface area (Å²) in [6.07, 6.45) is 3.36. The van der Waals surface area contributed by atoms with Crippen LogP contribution in [-0.4, -0.2) is 71.4 Å². The van der Waals surface area contributed by atoms with Gasteiger partial charge in [0.05, 0.1) is 56.4 Å². The van der Waals surface area contributed by atoms with Gasteiger partial charge in [0.1, 0.15) is 0 Å². The second kappa shape index (κ2) is 7.61. The van der Waals surface area contributed by atoms with Crippen molar-refractivity contribution in [2.45, 2.75) is 63.3 Å². The van der Waals surface area contributed by atoms with Gasteiger partial charge in [-0.05, 0) is 33.6 Å². The van der Waals surface area contributed by atoms with Crippen molar-refractivity contribution in [1.82, 2.24) is 15.0 Å². The van der Waals surface area contributed by atoms with Gasteiger partial charge in [-0.25, -0.2) is 0 Å². The minimum Gasteiger partial charge on any atom is -0.463 e. The average molecular weight is 395 g/mol. The highest BCUT2D eigenvalue weighted by Crippen LogP contribution is 2.32. The van der Waals surface area contributed by atoms with E-state index in [0.717, 1.165) is 45.5 Å². The molecular formula is C19H29N3O6. The molecule has 0 radical (unpaired) electrons. The number of hydrogen-bond donors (Lipinski definition) is 0. The standard InChI is InChI=1S/C19H29N3O6/c1-17(11-26-17)5-4-8-23-14-20-15(24-9-6-18(2)12-27-18)22-16(21-14)25-10-7-19(3)13-28-19/h4-13H2,1-3H3. The van der Waals surface area contributed by atoms with E-state index in [1.807, 2.05) is 0 Å². The Morgan fingerprint density at radius 3 is 1.39 bits per heavy atom. The molecule has 0 spiro atoms. The molecule has 0 aliphatic carbocycles. The minimum atomic E-state index is -0.0770. The van der Waals surface area contributed by atoms with Crippen molar-refractivity contribution in [3.05, 3.63) is 0 Å². The second-order valence-corrected chi connectivity index (χ2v) is 8.55. The quantitative estimate of drug-likeness (QED) is 0.366. The summed E-state index contributed by atoms with van der Waals surface area (Å²) in [5, 5.41) is 0. The summed E-state index contributed by atoms with van der Waals surface area (Å²) < 4.78 is 33.2. The minimum absolute atomic E-state index is 0.0208. The Hall–Kier alpha value is -1.71. The van der Waals surface area contributed by atoms with E-state index < -0.39 is 0 Å². The van der Waals surface area contributed by atoms with Gasteiger partial charge in [-0.3, -0.25) is 0 Å². The molecule has 0 amide bonds. The van der Waals surface area contributed by atoms with Gasteiger partial charge in [0.2, 0.25) is 0 Å². The van der Waals surface area contributed by atoms with Crippen LogP contribution in [0.3, 0.4) is 0 Å². The van der Waals surface area contributed by atoms with Crippen molar-refractivity contribution in [2.24, 2.45) is 0 Å². The zero-order valence-corrected chi connectivity index (χ0v) is 16.9. The predicted octanol–water partition coefficient (Wildman–Crippen LogP) is 1.94. The van der Waals surface area contributed by atoms with E-state index in [-0.39, 0.29) is 34.8 Å². The summed E-state index contributed by atoms with van der Waals surface area (Å²) in [6.45, 7) is 9.97. The Bertz CT molecular complexity index is 646. The SMILES string of the molecule is CC1(CCCOc2nc(OCCC3(C)CO3)nc(OCCC3(C)CO3)n2)CO1. The molecule has 0 N–H and O–H groups in total. The molecule has 1 aromatic rings. The number of ether oxygens (including phenoxy) is 6. The number of epoxide rings is 3. The van der Waals surface area contributed by atoms with E-state index >= 15 is 0 Å². The summed E-state index contributed by atoms with van der Waals surface area (Å²) in [4.78, 5) is 12.7. The lowest BCUT2D eigenvalue weighted by Crippen LogP contribution is -2.15. The molecule has 4 heterocycles. The van der Waals surface area contributed by atoms with Gasteiger partial charge in [-0.1, -0.05) is 0 Å². The molecule has 3 unspecified atom stereocenters. The number of aromatic nitrogens is 3. The molecule has 9 nitrogen and oxygen atoms in total. The predicted molar refractivity (Wildman–Crippen MR) is 97.9 cm³/mol. The lowest BCUT2D eigenvalue weighted by molar-refractivity contribution is 0.199. The molecule has 0 aromatic carbocycles. The van der Waals surface area contributed by atoms with Gasteiger partial charge >= 0.3 is 18.0 Å². The highest BCUT2D eigenvalue weighted by molar-refractivity contribution is 5.09. The van der Waals surface area contributed by atoms with Crippen LogP contribution in [0.4, 0.5) is 0 Å². The Morgan fingerprint density at radius 2 is 1.00 bits per heavy atom. The molecule has 3 aliphatic heterocycles. The largest absolute Gasteiger partial charge is 0.463 e. The Kier molecular flexibility index (Phi) is 5.32. The van der Waals surface area contributed by atoms with Gasteiger partial charge < -0.3 is 28.4 Å². The zero-order chi connectivity index (χ0) is 19.7. The van der Waals surface area contributed by atoms with Crippen LogP contribution in [-0.2, 0) is 14.2 Å². The molecule has 3 atom stereocenters. The second-order valence-electron chi connectivity index (χ2n) is 8.55. The number of nitrogens with zero attached hydrogens (tertiary/aromatic N) is 3. The fraction of sp³-hybridized carbons (Fsp3) is 0.842. The third kappa shape index (κ3) is 5.89. The summed E-state index contributed by atoms with van der Waals surface area (Å²) in [7, 11) is 0. The maximum absolute atomic E-state index is 5.70.